The summed E-state index contributed by atoms with van der Waals surface area (Å²) >= 11 is 0. The van der Waals surface area contributed by atoms with E-state index >= 15 is 0 Å². The van der Waals surface area contributed by atoms with Crippen LogP contribution in [0.5, 0.6) is 0 Å². The normalized spacial score (nSPS) is 10.3. The molecule has 0 amide bonds. The molecular weight excluding hydrogens is 290 g/mol. The molecule has 0 fully saturated rings. The van der Waals surface area contributed by atoms with Gasteiger partial charge in [-0.05, 0) is 42.5 Å². The second-order valence-corrected chi connectivity index (χ2v) is 5.26. The van der Waals surface area contributed by atoms with Crippen molar-refractivity contribution in [2.75, 3.05) is 29.6 Å². The van der Waals surface area contributed by atoms with Crippen molar-refractivity contribution in [2.45, 2.75) is 6.54 Å². The van der Waals surface area contributed by atoms with Crippen LogP contribution in [0.25, 0.3) is 0 Å². The zero-order chi connectivity index (χ0) is 16.1. The molecule has 0 saturated heterocycles. The Morgan fingerprint density at radius 2 is 1.91 bits per heavy atom. The molecule has 3 rings (SSSR count). The Bertz CT molecular complexity index is 738. The molecule has 0 aliphatic rings. The van der Waals surface area contributed by atoms with E-state index < -0.39 is 0 Å². The maximum absolute atomic E-state index is 5.29. The first-order valence-corrected chi connectivity index (χ1v) is 7.34. The van der Waals surface area contributed by atoms with Gasteiger partial charge in [0.05, 0.1) is 12.8 Å². The highest BCUT2D eigenvalue weighted by molar-refractivity contribution is 5.59. The van der Waals surface area contributed by atoms with Gasteiger partial charge in [0.15, 0.2) is 0 Å². The van der Waals surface area contributed by atoms with Crippen LogP contribution in [0.2, 0.25) is 0 Å². The number of nitrogens with zero attached hydrogens (tertiary/aromatic N) is 3. The molecule has 2 heterocycles. The lowest BCUT2D eigenvalue weighted by Gasteiger charge is -2.13. The number of furan rings is 1. The fourth-order valence-corrected chi connectivity index (χ4v) is 2.08. The van der Waals surface area contributed by atoms with Crippen LogP contribution in [-0.2, 0) is 6.54 Å². The van der Waals surface area contributed by atoms with E-state index in [9.17, 15) is 0 Å². The lowest BCUT2D eigenvalue weighted by atomic mass is 10.2. The molecule has 0 aliphatic heterocycles. The second kappa shape index (κ2) is 6.83. The average Bonchev–Trinajstić information content (AvgIpc) is 3.07. The summed E-state index contributed by atoms with van der Waals surface area (Å²) < 4.78 is 5.29. The highest BCUT2D eigenvalue weighted by atomic mass is 16.3. The van der Waals surface area contributed by atoms with Gasteiger partial charge in [-0.25, -0.2) is 4.98 Å². The molecule has 6 heteroatoms. The van der Waals surface area contributed by atoms with E-state index in [2.05, 4.69) is 25.5 Å². The van der Waals surface area contributed by atoms with E-state index in [0.29, 0.717) is 12.5 Å². The van der Waals surface area contributed by atoms with Crippen molar-refractivity contribution in [1.29, 1.82) is 0 Å². The van der Waals surface area contributed by atoms with Gasteiger partial charge in [0.2, 0.25) is 5.95 Å². The Labute approximate surface area is 135 Å². The van der Waals surface area contributed by atoms with Gasteiger partial charge in [0, 0.05) is 31.7 Å². The van der Waals surface area contributed by atoms with E-state index in [1.54, 1.807) is 12.5 Å². The van der Waals surface area contributed by atoms with Crippen molar-refractivity contribution >= 4 is 23.1 Å². The van der Waals surface area contributed by atoms with Gasteiger partial charge < -0.3 is 20.0 Å². The van der Waals surface area contributed by atoms with Crippen molar-refractivity contribution < 1.29 is 4.42 Å². The summed E-state index contributed by atoms with van der Waals surface area (Å²) in [7, 11) is 4.03. The minimum atomic E-state index is 0.548. The number of hydrogen-bond acceptors (Lipinski definition) is 6. The third-order valence-electron chi connectivity index (χ3n) is 3.32. The number of rotatable bonds is 6. The molecule has 1 aromatic carbocycles. The maximum Gasteiger partial charge on any atom is 0.229 e. The average molecular weight is 309 g/mol. The zero-order valence-electron chi connectivity index (χ0n) is 13.2. The van der Waals surface area contributed by atoms with Gasteiger partial charge >= 0.3 is 0 Å². The summed E-state index contributed by atoms with van der Waals surface area (Å²) in [6.45, 7) is 0.584. The van der Waals surface area contributed by atoms with Crippen molar-refractivity contribution in [3.8, 4) is 0 Å². The number of benzene rings is 1. The Hall–Kier alpha value is -3.02. The predicted molar refractivity (Wildman–Crippen MR) is 92.1 cm³/mol. The fraction of sp³-hybridized carbons (Fsp3) is 0.176. The van der Waals surface area contributed by atoms with Gasteiger partial charge in [0.25, 0.3) is 0 Å². The highest BCUT2D eigenvalue weighted by Gasteiger charge is 2.02. The van der Waals surface area contributed by atoms with Crippen LogP contribution >= 0.6 is 0 Å². The monoisotopic (exact) mass is 309 g/mol. The molecule has 0 unspecified atom stereocenters. The standard InChI is InChI=1S/C17H19N5O/c1-22(2)14-7-5-13(6-8-14)20-17-18-10-9-16(21-17)19-12-15-4-3-11-23-15/h3-11H,12H2,1-2H3,(H2,18,19,20,21). The summed E-state index contributed by atoms with van der Waals surface area (Å²) in [5.41, 5.74) is 2.09. The van der Waals surface area contributed by atoms with Crippen molar-refractivity contribution in [2.24, 2.45) is 0 Å². The summed E-state index contributed by atoms with van der Waals surface area (Å²) in [5, 5.41) is 6.41. The van der Waals surface area contributed by atoms with Crippen LogP contribution in [0.3, 0.4) is 0 Å². The third-order valence-corrected chi connectivity index (χ3v) is 3.32. The molecule has 6 nitrogen and oxygen atoms in total. The summed E-state index contributed by atoms with van der Waals surface area (Å²) in [6.07, 6.45) is 3.37. The Morgan fingerprint density at radius 1 is 1.09 bits per heavy atom. The Morgan fingerprint density at radius 3 is 2.61 bits per heavy atom. The maximum atomic E-state index is 5.29. The molecule has 0 atom stereocenters. The largest absolute Gasteiger partial charge is 0.467 e. The van der Waals surface area contributed by atoms with Gasteiger partial charge in [-0.2, -0.15) is 4.98 Å². The van der Waals surface area contributed by atoms with E-state index in [1.807, 2.05) is 56.6 Å². The Kier molecular flexibility index (Phi) is 4.42. The molecule has 2 aromatic heterocycles. The van der Waals surface area contributed by atoms with Crippen LogP contribution in [0.15, 0.2) is 59.3 Å². The molecule has 118 valence electrons. The quantitative estimate of drug-likeness (QED) is 0.726. The Balaban J connectivity index is 1.64. The van der Waals surface area contributed by atoms with Crippen LogP contribution in [0, 0.1) is 0 Å². The second-order valence-electron chi connectivity index (χ2n) is 5.26. The molecule has 2 N–H and O–H groups in total. The molecule has 0 aliphatic carbocycles. The van der Waals surface area contributed by atoms with Crippen LogP contribution in [-0.4, -0.2) is 24.1 Å². The molecule has 3 aromatic rings. The molecule has 0 bridgehead atoms. The van der Waals surface area contributed by atoms with Crippen molar-refractivity contribution in [3.63, 3.8) is 0 Å². The summed E-state index contributed by atoms with van der Waals surface area (Å²) in [5.74, 6) is 2.15. The number of aromatic nitrogens is 2. The topological polar surface area (TPSA) is 66.2 Å². The van der Waals surface area contributed by atoms with E-state index in [0.717, 1.165) is 23.0 Å². The molecule has 0 saturated carbocycles. The number of hydrogen-bond donors (Lipinski definition) is 2. The number of nitrogens with one attached hydrogen (secondary N) is 2. The van der Waals surface area contributed by atoms with Gasteiger partial charge in [-0.15, -0.1) is 0 Å². The highest BCUT2D eigenvalue weighted by Crippen LogP contribution is 2.18. The van der Waals surface area contributed by atoms with Gasteiger partial charge in [0.1, 0.15) is 11.6 Å². The lowest BCUT2D eigenvalue weighted by molar-refractivity contribution is 0.518. The number of anilines is 4. The van der Waals surface area contributed by atoms with Crippen LogP contribution in [0.1, 0.15) is 5.76 Å². The third kappa shape index (κ3) is 4.00. The summed E-state index contributed by atoms with van der Waals surface area (Å²) in [6, 6.07) is 13.7. The first kappa shape index (κ1) is 14.9. The van der Waals surface area contributed by atoms with Gasteiger partial charge in [-0.1, -0.05) is 0 Å². The zero-order valence-corrected chi connectivity index (χ0v) is 13.2. The van der Waals surface area contributed by atoms with E-state index in [1.165, 1.54) is 0 Å². The van der Waals surface area contributed by atoms with Crippen LogP contribution in [0.4, 0.5) is 23.1 Å². The van der Waals surface area contributed by atoms with Crippen LogP contribution < -0.4 is 15.5 Å². The first-order chi connectivity index (χ1) is 11.2. The minimum absolute atomic E-state index is 0.548. The molecule has 23 heavy (non-hydrogen) atoms. The summed E-state index contributed by atoms with van der Waals surface area (Å²) in [4.78, 5) is 10.7. The van der Waals surface area contributed by atoms with E-state index in [4.69, 9.17) is 4.42 Å². The first-order valence-electron chi connectivity index (χ1n) is 7.34. The molecule has 0 spiro atoms. The SMILES string of the molecule is CN(C)c1ccc(Nc2nccc(NCc3ccco3)n2)cc1. The smallest absolute Gasteiger partial charge is 0.229 e. The van der Waals surface area contributed by atoms with Crippen molar-refractivity contribution in [1.82, 2.24) is 9.97 Å². The molecule has 0 radical (unpaired) electrons. The van der Waals surface area contributed by atoms with E-state index in [-0.39, 0.29) is 0 Å². The molecular formula is C17H19N5O. The minimum Gasteiger partial charge on any atom is -0.467 e. The van der Waals surface area contributed by atoms with Gasteiger partial charge in [-0.3, -0.25) is 0 Å². The predicted octanol–water partition coefficient (Wildman–Crippen LogP) is 3.49. The van der Waals surface area contributed by atoms with Crippen molar-refractivity contribution in [3.05, 3.63) is 60.7 Å². The lowest BCUT2D eigenvalue weighted by Crippen LogP contribution is -2.08. The fourth-order valence-electron chi connectivity index (χ4n) is 2.08.